The number of nitrogens with zero attached hydrogens (tertiary/aromatic N) is 3. The topological polar surface area (TPSA) is 48.5 Å². The molecule has 1 aromatic heterocycles. The lowest BCUT2D eigenvalue weighted by molar-refractivity contribution is -0.128. The van der Waals surface area contributed by atoms with Crippen molar-refractivity contribution in [1.29, 1.82) is 0 Å². The van der Waals surface area contributed by atoms with E-state index in [2.05, 4.69) is 22.3 Å². The van der Waals surface area contributed by atoms with Gasteiger partial charge in [-0.15, -0.1) is 11.8 Å². The minimum Gasteiger partial charge on any atom is -0.342 e. The van der Waals surface area contributed by atoms with Crippen molar-refractivity contribution < 1.29 is 6.22 Å². The summed E-state index contributed by atoms with van der Waals surface area (Å²) in [5.74, 6) is 1.77. The molecule has 1 amide bonds. The number of anilines is 1. The number of rotatable bonds is 14. The van der Waals surface area contributed by atoms with E-state index in [0.717, 1.165) is 41.2 Å². The molecule has 0 atom stereocenters. The average Bonchev–Trinajstić information content (AvgIpc) is 3.61. The van der Waals surface area contributed by atoms with Gasteiger partial charge in [0.25, 0.3) is 0 Å². The fourth-order valence-electron chi connectivity index (χ4n) is 6.58. The summed E-state index contributed by atoms with van der Waals surface area (Å²) in [4.78, 5) is 19.8. The van der Waals surface area contributed by atoms with Crippen molar-refractivity contribution in [2.24, 2.45) is 5.92 Å². The highest BCUT2D eigenvalue weighted by Crippen LogP contribution is 2.34. The first-order valence-electron chi connectivity index (χ1n) is 15.1. The molecule has 206 valence electrons. The van der Waals surface area contributed by atoms with Crippen LogP contribution < -0.4 is 5.43 Å². The molecule has 0 spiro atoms. The Labute approximate surface area is 230 Å². The third-order valence-electron chi connectivity index (χ3n) is 8.59. The Hall–Kier alpha value is -0.790. The molecule has 1 heterocycles. The second-order valence-electron chi connectivity index (χ2n) is 11.4. The maximum absolute atomic E-state index is 13.0. The van der Waals surface area contributed by atoms with Crippen molar-refractivity contribution in [1.82, 2.24) is 14.9 Å². The number of amides is 1. The summed E-state index contributed by atoms with van der Waals surface area (Å²) in [5.41, 5.74) is 3.76. The lowest BCUT2D eigenvalue weighted by Crippen LogP contribution is -2.48. The van der Waals surface area contributed by atoms with Crippen LogP contribution in [0.1, 0.15) is 124 Å². The number of hydrazine groups is 1. The fourth-order valence-corrected chi connectivity index (χ4v) is 8.35. The minimum atomic E-state index is 0. The van der Waals surface area contributed by atoms with Gasteiger partial charge in [-0.05, 0) is 44.4 Å². The van der Waals surface area contributed by atoms with Crippen LogP contribution in [0.15, 0.2) is 10.4 Å². The molecule has 0 aromatic carbocycles. The maximum atomic E-state index is 13.0. The third-order valence-corrected chi connectivity index (χ3v) is 10.7. The monoisotopic (exact) mass is 536 g/mol. The van der Waals surface area contributed by atoms with Crippen molar-refractivity contribution in [3.63, 3.8) is 0 Å². The molecule has 0 bridgehead atoms. The Kier molecular flexibility index (Phi) is 12.2. The predicted molar refractivity (Wildman–Crippen MR) is 157 cm³/mol. The van der Waals surface area contributed by atoms with Crippen molar-refractivity contribution in [3.8, 4) is 0 Å². The third kappa shape index (κ3) is 8.90. The Morgan fingerprint density at radius 2 is 1.61 bits per heavy atom. The van der Waals surface area contributed by atoms with Crippen molar-refractivity contribution in [3.05, 3.63) is 6.20 Å². The van der Waals surface area contributed by atoms with Crippen molar-refractivity contribution in [2.75, 3.05) is 24.3 Å². The lowest BCUT2D eigenvalue weighted by Gasteiger charge is -2.41. The molecule has 0 aliphatic heterocycles. The number of thioether (sulfide) groups is 1. The van der Waals surface area contributed by atoms with E-state index in [1.807, 2.05) is 6.20 Å². The zero-order valence-corrected chi connectivity index (χ0v) is 24.4. The van der Waals surface area contributed by atoms with E-state index in [1.165, 1.54) is 103 Å². The van der Waals surface area contributed by atoms with E-state index in [4.69, 9.17) is 4.98 Å². The van der Waals surface area contributed by atoms with Crippen LogP contribution in [0.4, 0.5) is 5.13 Å². The van der Waals surface area contributed by atoms with Gasteiger partial charge in [0, 0.05) is 26.6 Å². The van der Waals surface area contributed by atoms with Crippen LogP contribution in [0.3, 0.4) is 0 Å². The van der Waals surface area contributed by atoms with Crippen LogP contribution in [-0.2, 0) is 4.79 Å². The molecule has 1 aromatic rings. The summed E-state index contributed by atoms with van der Waals surface area (Å²) < 4.78 is 1.15. The molecule has 36 heavy (non-hydrogen) atoms. The first kappa shape index (κ1) is 28.2. The van der Waals surface area contributed by atoms with E-state index in [9.17, 15) is 4.79 Å². The summed E-state index contributed by atoms with van der Waals surface area (Å²) in [7, 11) is 0. The molecule has 0 radical (unpaired) electrons. The second kappa shape index (κ2) is 15.6. The molecule has 3 fully saturated rings. The lowest BCUT2D eigenvalue weighted by atomic mass is 9.90. The number of nitrogens with one attached hydrogen (secondary N) is 1. The summed E-state index contributed by atoms with van der Waals surface area (Å²) in [6, 6.07) is 1.28. The molecule has 7 heteroatoms. The molecular formula is C29H52N4OS2. The highest BCUT2D eigenvalue weighted by molar-refractivity contribution is 8.01. The SMILES string of the molecule is CCCN(CCCCC1CCCC1)C(=O)CSc1cnc(NN(C2CCCCC2)C2CCCCC2)s1.[HH]. The Morgan fingerprint density at radius 3 is 2.25 bits per heavy atom. The second-order valence-corrected chi connectivity index (χ2v) is 13.7. The predicted octanol–water partition coefficient (Wildman–Crippen LogP) is 8.37. The van der Waals surface area contributed by atoms with Gasteiger partial charge in [-0.1, -0.05) is 95.3 Å². The summed E-state index contributed by atoms with van der Waals surface area (Å²) in [5, 5.41) is 3.59. The quantitative estimate of drug-likeness (QED) is 0.147. The number of unbranched alkanes of at least 4 members (excludes halogenated alkanes) is 1. The molecule has 3 aliphatic carbocycles. The number of carbonyl (C=O) groups excluding carboxylic acids is 1. The maximum Gasteiger partial charge on any atom is 0.232 e. The summed E-state index contributed by atoms with van der Waals surface area (Å²) >= 11 is 3.39. The van der Waals surface area contributed by atoms with Gasteiger partial charge < -0.3 is 4.90 Å². The summed E-state index contributed by atoms with van der Waals surface area (Å²) in [6.45, 7) is 3.99. The standard InChI is InChI=1S/C29H50N4OS2.H2/c1-2-20-32(21-12-11-15-24-13-9-10-14-24)27(34)23-35-28-22-30-29(36-28)31-33(25-16-5-3-6-17-25)26-18-7-4-8-19-26;/h22,24-26H,2-21,23H2,1H3,(H,30,31);1H. The molecule has 3 aliphatic rings. The zero-order valence-electron chi connectivity index (χ0n) is 22.7. The van der Waals surface area contributed by atoms with E-state index in [0.29, 0.717) is 17.8 Å². The minimum absolute atomic E-state index is 0. The molecule has 3 saturated carbocycles. The van der Waals surface area contributed by atoms with Gasteiger partial charge in [-0.25, -0.2) is 9.99 Å². The van der Waals surface area contributed by atoms with E-state index in [1.54, 1.807) is 23.1 Å². The molecule has 4 rings (SSSR count). The summed E-state index contributed by atoms with van der Waals surface area (Å²) in [6.07, 6.45) is 25.9. The van der Waals surface area contributed by atoms with E-state index < -0.39 is 0 Å². The largest absolute Gasteiger partial charge is 0.342 e. The highest BCUT2D eigenvalue weighted by Gasteiger charge is 2.29. The number of hydrogen-bond donors (Lipinski definition) is 1. The van der Waals surface area contributed by atoms with Crippen LogP contribution in [0, 0.1) is 5.92 Å². The fraction of sp³-hybridized carbons (Fsp3) is 0.862. The van der Waals surface area contributed by atoms with Crippen molar-refractivity contribution >= 4 is 34.1 Å². The van der Waals surface area contributed by atoms with Crippen LogP contribution >= 0.6 is 23.1 Å². The van der Waals surface area contributed by atoms with Gasteiger partial charge in [0.05, 0.1) is 16.2 Å². The normalized spacial score (nSPS) is 20.3. The first-order valence-corrected chi connectivity index (χ1v) is 16.9. The van der Waals surface area contributed by atoms with Crippen molar-refractivity contribution in [2.45, 2.75) is 139 Å². The van der Waals surface area contributed by atoms with Gasteiger partial charge in [0.1, 0.15) is 0 Å². The van der Waals surface area contributed by atoms with Crippen LogP contribution in [0.25, 0.3) is 0 Å². The van der Waals surface area contributed by atoms with Gasteiger partial charge in [0.15, 0.2) is 5.13 Å². The van der Waals surface area contributed by atoms with Crippen LogP contribution in [0.5, 0.6) is 0 Å². The van der Waals surface area contributed by atoms with Gasteiger partial charge >= 0.3 is 0 Å². The van der Waals surface area contributed by atoms with Gasteiger partial charge in [-0.2, -0.15) is 0 Å². The van der Waals surface area contributed by atoms with Gasteiger partial charge in [0.2, 0.25) is 5.91 Å². The smallest absolute Gasteiger partial charge is 0.232 e. The Balaban J connectivity index is 0.00000380. The van der Waals surface area contributed by atoms with Gasteiger partial charge in [-0.3, -0.25) is 10.2 Å². The molecule has 0 saturated heterocycles. The Morgan fingerprint density at radius 1 is 0.972 bits per heavy atom. The molecule has 1 N–H and O–H groups in total. The van der Waals surface area contributed by atoms with Crippen LogP contribution in [-0.4, -0.2) is 51.7 Å². The van der Waals surface area contributed by atoms with E-state index in [-0.39, 0.29) is 7.33 Å². The molecular weight excluding hydrogens is 484 g/mol. The number of hydrogen-bond acceptors (Lipinski definition) is 6. The van der Waals surface area contributed by atoms with E-state index >= 15 is 0 Å². The highest BCUT2D eigenvalue weighted by atomic mass is 32.2. The number of aromatic nitrogens is 1. The number of thiazole rings is 1. The molecule has 0 unspecified atom stereocenters. The molecule has 5 nitrogen and oxygen atoms in total. The average molecular weight is 537 g/mol. The van der Waals surface area contributed by atoms with Crippen LogP contribution in [0.2, 0.25) is 0 Å². The number of carbonyl (C=O) groups is 1. The zero-order chi connectivity index (χ0) is 25.0. The Bertz CT molecular complexity index is 743. The first-order chi connectivity index (χ1) is 17.7.